The Morgan fingerprint density at radius 2 is 1.79 bits per heavy atom. The van der Waals surface area contributed by atoms with Gasteiger partial charge in [0.15, 0.2) is 0 Å². The van der Waals surface area contributed by atoms with Gasteiger partial charge in [0.1, 0.15) is 0 Å². The lowest BCUT2D eigenvalue weighted by atomic mass is 9.81. The van der Waals surface area contributed by atoms with Crippen LogP contribution in [-0.2, 0) is 16.0 Å². The lowest BCUT2D eigenvalue weighted by Crippen LogP contribution is -2.29. The number of aliphatic carboxylic acids is 1. The molecule has 0 bridgehead atoms. The second-order valence-electron chi connectivity index (χ2n) is 8.22. The van der Waals surface area contributed by atoms with E-state index in [2.05, 4.69) is 36.2 Å². The van der Waals surface area contributed by atoms with Crippen molar-refractivity contribution in [2.45, 2.75) is 39.0 Å². The number of carboxylic acids is 1. The number of carboxylic acid groups (broad SMARTS) is 1. The van der Waals surface area contributed by atoms with E-state index in [0.29, 0.717) is 37.0 Å². The van der Waals surface area contributed by atoms with Crippen LogP contribution in [0, 0.1) is 5.92 Å². The molecule has 4 nitrogen and oxygen atoms in total. The fourth-order valence-electron chi connectivity index (χ4n) is 4.22. The smallest absolute Gasteiger partial charge is 0.333 e. The highest BCUT2D eigenvalue weighted by atomic mass is 16.4. The monoisotopic (exact) mass is 441 g/mol. The first-order valence-electron chi connectivity index (χ1n) is 11.4. The van der Waals surface area contributed by atoms with Gasteiger partial charge in [-0.3, -0.25) is 4.79 Å². The van der Waals surface area contributed by atoms with Crippen molar-refractivity contribution in [1.29, 1.82) is 0 Å². The Labute approximate surface area is 196 Å². The van der Waals surface area contributed by atoms with Crippen molar-refractivity contribution in [1.82, 2.24) is 5.32 Å². The Balaban J connectivity index is 1.61. The Morgan fingerprint density at radius 3 is 2.42 bits per heavy atom. The van der Waals surface area contributed by atoms with E-state index >= 15 is 0 Å². The van der Waals surface area contributed by atoms with E-state index in [1.807, 2.05) is 55.5 Å². The van der Waals surface area contributed by atoms with E-state index in [1.165, 1.54) is 0 Å². The average Bonchev–Trinajstić information content (AvgIpc) is 2.83. The van der Waals surface area contributed by atoms with Crippen molar-refractivity contribution in [2.24, 2.45) is 5.92 Å². The molecule has 2 aromatic carbocycles. The SMILES string of the molecule is C=C/C=C(\C=C/C)C1CCC(NC(=O)CCc2ccc(-c3ccccc3)cc2)=C(C(=O)O)C1. The largest absolute Gasteiger partial charge is 0.478 e. The maximum absolute atomic E-state index is 12.6. The molecule has 3 rings (SSSR count). The second kappa shape index (κ2) is 11.8. The molecule has 2 N–H and O–H groups in total. The number of carbonyl (C=O) groups is 2. The van der Waals surface area contributed by atoms with Gasteiger partial charge in [0.2, 0.25) is 5.91 Å². The van der Waals surface area contributed by atoms with Crippen LogP contribution >= 0.6 is 0 Å². The van der Waals surface area contributed by atoms with Gasteiger partial charge >= 0.3 is 5.97 Å². The summed E-state index contributed by atoms with van der Waals surface area (Å²) in [4.78, 5) is 24.5. The molecule has 0 heterocycles. The fraction of sp³-hybridized carbons (Fsp3) is 0.241. The molecular formula is C29H31NO3. The van der Waals surface area contributed by atoms with Crippen LogP contribution in [0.5, 0.6) is 0 Å². The third kappa shape index (κ3) is 6.66. The van der Waals surface area contributed by atoms with E-state index in [4.69, 9.17) is 0 Å². The first-order chi connectivity index (χ1) is 16.0. The third-order valence-corrected chi connectivity index (χ3v) is 5.95. The molecule has 1 amide bonds. The number of rotatable bonds is 9. The molecule has 0 spiro atoms. The molecule has 170 valence electrons. The van der Waals surface area contributed by atoms with Gasteiger partial charge in [0.05, 0.1) is 5.57 Å². The van der Waals surface area contributed by atoms with E-state index < -0.39 is 5.97 Å². The summed E-state index contributed by atoms with van der Waals surface area (Å²) >= 11 is 0. The summed E-state index contributed by atoms with van der Waals surface area (Å²) in [7, 11) is 0. The average molecular weight is 442 g/mol. The van der Waals surface area contributed by atoms with Crippen molar-refractivity contribution < 1.29 is 14.7 Å². The molecule has 0 saturated carbocycles. The highest BCUT2D eigenvalue weighted by Crippen LogP contribution is 2.34. The lowest BCUT2D eigenvalue weighted by molar-refractivity contribution is -0.133. The summed E-state index contributed by atoms with van der Waals surface area (Å²) in [6.45, 7) is 5.70. The number of aryl methyl sites for hydroxylation is 1. The van der Waals surface area contributed by atoms with E-state index in [9.17, 15) is 14.7 Å². The topological polar surface area (TPSA) is 66.4 Å². The molecule has 1 aliphatic rings. The van der Waals surface area contributed by atoms with Crippen LogP contribution in [0.2, 0.25) is 0 Å². The number of amides is 1. The summed E-state index contributed by atoms with van der Waals surface area (Å²) in [5.74, 6) is -1.01. The molecule has 33 heavy (non-hydrogen) atoms. The summed E-state index contributed by atoms with van der Waals surface area (Å²) in [6.07, 6.45) is 10.2. The highest BCUT2D eigenvalue weighted by Gasteiger charge is 2.27. The number of hydrogen-bond acceptors (Lipinski definition) is 2. The van der Waals surface area contributed by atoms with Gasteiger partial charge in [0.25, 0.3) is 0 Å². The minimum Gasteiger partial charge on any atom is -0.478 e. The van der Waals surface area contributed by atoms with E-state index in [0.717, 1.165) is 28.7 Å². The zero-order valence-electron chi connectivity index (χ0n) is 19.1. The molecule has 0 radical (unpaired) electrons. The Hall–Kier alpha value is -3.66. The Kier molecular flexibility index (Phi) is 8.59. The summed E-state index contributed by atoms with van der Waals surface area (Å²) in [5.41, 5.74) is 5.28. The fourth-order valence-corrected chi connectivity index (χ4v) is 4.22. The normalized spacial score (nSPS) is 16.6. The number of allylic oxidation sites excluding steroid dienone is 6. The molecule has 0 fully saturated rings. The van der Waals surface area contributed by atoms with Crippen molar-refractivity contribution >= 4 is 11.9 Å². The van der Waals surface area contributed by atoms with Crippen LogP contribution < -0.4 is 5.32 Å². The van der Waals surface area contributed by atoms with Crippen molar-refractivity contribution in [3.8, 4) is 11.1 Å². The Bertz CT molecular complexity index is 1080. The van der Waals surface area contributed by atoms with Gasteiger partial charge < -0.3 is 10.4 Å². The van der Waals surface area contributed by atoms with E-state index in [-0.39, 0.29) is 11.8 Å². The molecule has 1 atom stereocenters. The first kappa shape index (κ1) is 24.0. The second-order valence-corrected chi connectivity index (χ2v) is 8.22. The summed E-state index contributed by atoms with van der Waals surface area (Å²) in [6, 6.07) is 18.4. The molecule has 0 aliphatic heterocycles. The van der Waals surface area contributed by atoms with Crippen molar-refractivity contribution in [3.63, 3.8) is 0 Å². The van der Waals surface area contributed by atoms with Gasteiger partial charge in [-0.05, 0) is 60.8 Å². The van der Waals surface area contributed by atoms with Crippen LogP contribution in [0.4, 0.5) is 0 Å². The molecule has 2 aromatic rings. The van der Waals surface area contributed by atoms with Crippen LogP contribution in [0.25, 0.3) is 11.1 Å². The number of hydrogen-bond donors (Lipinski definition) is 2. The minimum absolute atomic E-state index is 0.106. The molecule has 0 saturated heterocycles. The van der Waals surface area contributed by atoms with Gasteiger partial charge in [0, 0.05) is 12.1 Å². The van der Waals surface area contributed by atoms with Crippen molar-refractivity contribution in [2.75, 3.05) is 0 Å². The van der Waals surface area contributed by atoms with Crippen molar-refractivity contribution in [3.05, 3.63) is 108 Å². The summed E-state index contributed by atoms with van der Waals surface area (Å²) < 4.78 is 0. The van der Waals surface area contributed by atoms with Gasteiger partial charge in [-0.25, -0.2) is 4.79 Å². The van der Waals surface area contributed by atoms with Gasteiger partial charge in [-0.2, -0.15) is 0 Å². The quantitative estimate of drug-likeness (QED) is 0.453. The molecule has 1 aliphatic carbocycles. The van der Waals surface area contributed by atoms with Gasteiger partial charge in [-0.1, -0.05) is 85.5 Å². The zero-order chi connectivity index (χ0) is 23.6. The molecule has 1 unspecified atom stereocenters. The minimum atomic E-state index is -0.968. The predicted molar refractivity (Wildman–Crippen MR) is 133 cm³/mol. The van der Waals surface area contributed by atoms with Crippen LogP contribution in [-0.4, -0.2) is 17.0 Å². The molecule has 4 heteroatoms. The summed E-state index contributed by atoms with van der Waals surface area (Å²) in [5, 5.41) is 12.6. The number of nitrogens with one attached hydrogen (secondary N) is 1. The van der Waals surface area contributed by atoms with Crippen LogP contribution in [0.15, 0.2) is 102 Å². The first-order valence-corrected chi connectivity index (χ1v) is 11.4. The lowest BCUT2D eigenvalue weighted by Gasteiger charge is -2.26. The van der Waals surface area contributed by atoms with Crippen LogP contribution in [0.1, 0.15) is 38.2 Å². The van der Waals surface area contributed by atoms with Gasteiger partial charge in [-0.15, -0.1) is 0 Å². The van der Waals surface area contributed by atoms with E-state index in [1.54, 1.807) is 6.08 Å². The zero-order valence-corrected chi connectivity index (χ0v) is 19.1. The standard InChI is InChI=1S/C29H31NO3/c1-3-8-22(9-4-2)25-17-18-27(26(20-25)29(32)33)30-28(31)19-14-21-12-15-24(16-13-21)23-10-6-5-7-11-23/h3-13,15-16,25H,1,14,17-20H2,2H3,(H,30,31)(H,32,33)/b9-4-,22-8+. The maximum atomic E-state index is 12.6. The highest BCUT2D eigenvalue weighted by molar-refractivity contribution is 5.89. The van der Waals surface area contributed by atoms with Crippen LogP contribution in [0.3, 0.4) is 0 Å². The number of carbonyl (C=O) groups excluding carboxylic acids is 1. The molecule has 0 aromatic heterocycles. The maximum Gasteiger partial charge on any atom is 0.333 e. The number of benzene rings is 2. The Morgan fingerprint density at radius 1 is 1.09 bits per heavy atom. The third-order valence-electron chi connectivity index (χ3n) is 5.95. The molecular weight excluding hydrogens is 410 g/mol. The predicted octanol–water partition coefficient (Wildman–Crippen LogP) is 6.23.